The van der Waals surface area contributed by atoms with Gasteiger partial charge in [0.2, 0.25) is 11.8 Å². The number of benzene rings is 1. The maximum atomic E-state index is 12.3. The smallest absolute Gasteiger partial charge is 0.224 e. The Kier molecular flexibility index (Phi) is 6.58. The van der Waals surface area contributed by atoms with Gasteiger partial charge in [-0.25, -0.2) is 0 Å². The number of hydrogen-bond donors (Lipinski definition) is 1. The van der Waals surface area contributed by atoms with E-state index in [1.807, 2.05) is 36.1 Å². The molecule has 1 saturated carbocycles. The Labute approximate surface area is 161 Å². The molecule has 3 rings (SSSR count). The van der Waals surface area contributed by atoms with Crippen LogP contribution in [0.25, 0.3) is 0 Å². The van der Waals surface area contributed by atoms with Crippen molar-refractivity contribution in [3.63, 3.8) is 0 Å². The van der Waals surface area contributed by atoms with E-state index in [2.05, 4.69) is 12.2 Å². The third kappa shape index (κ3) is 5.37. The number of nitrogens with zero attached hydrogens (tertiary/aromatic N) is 1. The quantitative estimate of drug-likeness (QED) is 0.760. The average Bonchev–Trinajstić information content (AvgIpc) is 3.41. The maximum Gasteiger partial charge on any atom is 0.224 e. The summed E-state index contributed by atoms with van der Waals surface area (Å²) in [6, 6.07) is 7.70. The number of ether oxygens (including phenoxy) is 2. The molecule has 0 radical (unpaired) electrons. The van der Waals surface area contributed by atoms with Gasteiger partial charge < -0.3 is 19.7 Å². The Morgan fingerprint density at radius 1 is 1.19 bits per heavy atom. The molecule has 6 heteroatoms. The van der Waals surface area contributed by atoms with E-state index in [4.69, 9.17) is 9.47 Å². The number of piperidine rings is 1. The highest BCUT2D eigenvalue weighted by Crippen LogP contribution is 2.37. The monoisotopic (exact) mass is 374 g/mol. The van der Waals surface area contributed by atoms with Gasteiger partial charge in [0.05, 0.1) is 6.61 Å². The average molecular weight is 374 g/mol. The van der Waals surface area contributed by atoms with Gasteiger partial charge in [0.1, 0.15) is 6.10 Å². The number of likely N-dealkylation sites (tertiary alicyclic amines) is 1. The van der Waals surface area contributed by atoms with Crippen molar-refractivity contribution >= 4 is 11.8 Å². The van der Waals surface area contributed by atoms with Gasteiger partial charge in [-0.1, -0.05) is 19.1 Å². The first kappa shape index (κ1) is 19.5. The Morgan fingerprint density at radius 3 is 2.48 bits per heavy atom. The Bertz CT molecular complexity index is 655. The lowest BCUT2D eigenvalue weighted by Crippen LogP contribution is -2.43. The number of amides is 2. The van der Waals surface area contributed by atoms with Crippen LogP contribution in [0.15, 0.2) is 24.3 Å². The second kappa shape index (κ2) is 9.11. The predicted molar refractivity (Wildman–Crippen MR) is 103 cm³/mol. The lowest BCUT2D eigenvalue weighted by atomic mass is 10.1. The first-order valence-electron chi connectivity index (χ1n) is 10.0. The molecule has 0 spiro atoms. The minimum atomic E-state index is 0.0895. The van der Waals surface area contributed by atoms with Crippen molar-refractivity contribution in [1.29, 1.82) is 0 Å². The zero-order valence-electron chi connectivity index (χ0n) is 16.3. The Balaban J connectivity index is 1.38. The predicted octanol–water partition coefficient (Wildman–Crippen LogP) is 2.62. The van der Waals surface area contributed by atoms with Crippen LogP contribution in [0.1, 0.15) is 39.5 Å². The second-order valence-corrected chi connectivity index (χ2v) is 7.44. The van der Waals surface area contributed by atoms with Crippen LogP contribution < -0.4 is 14.8 Å². The van der Waals surface area contributed by atoms with Gasteiger partial charge in [-0.15, -0.1) is 0 Å². The summed E-state index contributed by atoms with van der Waals surface area (Å²) >= 11 is 0. The van der Waals surface area contributed by atoms with Crippen molar-refractivity contribution in [3.8, 4) is 11.5 Å². The van der Waals surface area contributed by atoms with Crippen molar-refractivity contribution < 1.29 is 19.1 Å². The fourth-order valence-corrected chi connectivity index (χ4v) is 3.49. The molecule has 1 saturated heterocycles. The molecule has 1 N–H and O–H groups in total. The minimum absolute atomic E-state index is 0.0895. The zero-order valence-corrected chi connectivity index (χ0v) is 16.3. The highest BCUT2D eigenvalue weighted by Gasteiger charge is 2.38. The van der Waals surface area contributed by atoms with E-state index in [1.165, 1.54) is 0 Å². The molecule has 6 nitrogen and oxygen atoms in total. The first-order valence-corrected chi connectivity index (χ1v) is 10.0. The summed E-state index contributed by atoms with van der Waals surface area (Å²) in [5, 5.41) is 2.88. The van der Waals surface area contributed by atoms with Crippen molar-refractivity contribution in [2.45, 2.75) is 45.6 Å². The molecule has 0 aromatic heterocycles. The third-order valence-electron chi connectivity index (χ3n) is 5.32. The molecule has 1 aromatic rings. The molecule has 2 atom stereocenters. The van der Waals surface area contributed by atoms with E-state index in [-0.39, 0.29) is 23.8 Å². The number of para-hydroxylation sites is 2. The standard InChI is InChI=1S/C21H30N2O4/c1-3-26-18-6-4-5-7-19(18)27-16-9-12-23(13-10-16)20(24)8-11-22-21(25)17-14-15(17)2/h4-7,15-17H,3,8-14H2,1-2H3,(H,22,25)/t15-,17+/m0/s1. The van der Waals surface area contributed by atoms with Crippen LogP contribution in [-0.2, 0) is 9.59 Å². The Hall–Kier alpha value is -2.24. The number of nitrogens with one attached hydrogen (secondary N) is 1. The number of hydrogen-bond acceptors (Lipinski definition) is 4. The van der Waals surface area contributed by atoms with Crippen LogP contribution in [0.5, 0.6) is 11.5 Å². The van der Waals surface area contributed by atoms with Gasteiger partial charge in [0.15, 0.2) is 11.5 Å². The van der Waals surface area contributed by atoms with Crippen LogP contribution in [0.3, 0.4) is 0 Å². The molecule has 27 heavy (non-hydrogen) atoms. The maximum absolute atomic E-state index is 12.3. The molecule has 0 unspecified atom stereocenters. The Morgan fingerprint density at radius 2 is 1.85 bits per heavy atom. The van der Waals surface area contributed by atoms with Crippen molar-refractivity contribution in [1.82, 2.24) is 10.2 Å². The molecule has 2 fully saturated rings. The SMILES string of the molecule is CCOc1ccccc1OC1CCN(C(=O)CCNC(=O)[C@@H]2C[C@@H]2C)CC1. The molecule has 1 heterocycles. The van der Waals surface area contributed by atoms with E-state index < -0.39 is 0 Å². The summed E-state index contributed by atoms with van der Waals surface area (Å²) < 4.78 is 11.7. The summed E-state index contributed by atoms with van der Waals surface area (Å²) in [6.45, 7) is 6.44. The highest BCUT2D eigenvalue weighted by molar-refractivity contribution is 5.82. The molecule has 148 valence electrons. The summed E-state index contributed by atoms with van der Waals surface area (Å²) in [6.07, 6.45) is 3.04. The van der Waals surface area contributed by atoms with Crippen LogP contribution in [0.2, 0.25) is 0 Å². The summed E-state index contributed by atoms with van der Waals surface area (Å²) in [5.41, 5.74) is 0. The molecular weight excluding hydrogens is 344 g/mol. The van der Waals surface area contributed by atoms with Crippen molar-refractivity contribution in [2.75, 3.05) is 26.2 Å². The van der Waals surface area contributed by atoms with Crippen LogP contribution in [-0.4, -0.2) is 49.1 Å². The van der Waals surface area contributed by atoms with E-state index >= 15 is 0 Å². The zero-order chi connectivity index (χ0) is 19.2. The van der Waals surface area contributed by atoms with Crippen molar-refractivity contribution in [2.24, 2.45) is 11.8 Å². The largest absolute Gasteiger partial charge is 0.490 e. The van der Waals surface area contributed by atoms with Crippen LogP contribution in [0.4, 0.5) is 0 Å². The molecule has 1 aliphatic carbocycles. The second-order valence-electron chi connectivity index (χ2n) is 7.44. The summed E-state index contributed by atoms with van der Waals surface area (Å²) in [5.74, 6) is 2.38. The molecular formula is C21H30N2O4. The highest BCUT2D eigenvalue weighted by atomic mass is 16.5. The van der Waals surface area contributed by atoms with Gasteiger partial charge >= 0.3 is 0 Å². The minimum Gasteiger partial charge on any atom is -0.490 e. The number of rotatable bonds is 8. The fourth-order valence-electron chi connectivity index (χ4n) is 3.49. The number of carbonyl (C=O) groups excluding carboxylic acids is 2. The van der Waals surface area contributed by atoms with Gasteiger partial charge in [-0.3, -0.25) is 9.59 Å². The lowest BCUT2D eigenvalue weighted by molar-refractivity contribution is -0.133. The van der Waals surface area contributed by atoms with E-state index in [1.54, 1.807) is 0 Å². The van der Waals surface area contributed by atoms with E-state index in [0.717, 1.165) is 30.8 Å². The van der Waals surface area contributed by atoms with Crippen LogP contribution in [0, 0.1) is 11.8 Å². The van der Waals surface area contributed by atoms with Crippen LogP contribution >= 0.6 is 0 Å². The molecule has 0 bridgehead atoms. The summed E-state index contributed by atoms with van der Waals surface area (Å²) in [7, 11) is 0. The molecule has 1 aliphatic heterocycles. The molecule has 2 amide bonds. The van der Waals surface area contributed by atoms with Gasteiger partial charge in [-0.2, -0.15) is 0 Å². The lowest BCUT2D eigenvalue weighted by Gasteiger charge is -2.32. The molecule has 2 aliphatic rings. The van der Waals surface area contributed by atoms with E-state index in [9.17, 15) is 9.59 Å². The molecule has 1 aromatic carbocycles. The fraction of sp³-hybridized carbons (Fsp3) is 0.619. The summed E-state index contributed by atoms with van der Waals surface area (Å²) in [4.78, 5) is 26.0. The third-order valence-corrected chi connectivity index (χ3v) is 5.32. The topological polar surface area (TPSA) is 67.9 Å². The normalized spacial score (nSPS) is 22.2. The van der Waals surface area contributed by atoms with Gasteiger partial charge in [0, 0.05) is 44.8 Å². The van der Waals surface area contributed by atoms with Crippen molar-refractivity contribution in [3.05, 3.63) is 24.3 Å². The number of carbonyl (C=O) groups is 2. The van der Waals surface area contributed by atoms with E-state index in [0.29, 0.717) is 38.6 Å². The van der Waals surface area contributed by atoms with Gasteiger partial charge in [-0.05, 0) is 31.4 Å². The van der Waals surface area contributed by atoms with Gasteiger partial charge in [0.25, 0.3) is 0 Å². The first-order chi connectivity index (χ1) is 13.1.